The standard InChI is InChI=1S/C15H19F3N2OS/c1-10-4-3-7-20(10)14(21)19-13-6-5-12(15(16,17)18)8-11(13)9-22-2/h5-6,8,10H,3-4,7,9H2,1-2H3,(H,19,21). The average Bonchev–Trinajstić information content (AvgIpc) is 2.86. The summed E-state index contributed by atoms with van der Waals surface area (Å²) in [5.74, 6) is 0.412. The van der Waals surface area contributed by atoms with Crippen molar-refractivity contribution in [3.05, 3.63) is 29.3 Å². The number of urea groups is 1. The maximum Gasteiger partial charge on any atom is 0.416 e. The number of halogens is 3. The van der Waals surface area contributed by atoms with Gasteiger partial charge in [0.15, 0.2) is 0 Å². The number of hydrogen-bond donors (Lipinski definition) is 1. The van der Waals surface area contributed by atoms with Gasteiger partial charge in [0.1, 0.15) is 0 Å². The molecule has 0 spiro atoms. The first kappa shape index (κ1) is 17.0. The van der Waals surface area contributed by atoms with Gasteiger partial charge in [-0.1, -0.05) is 0 Å². The normalized spacial score (nSPS) is 18.6. The summed E-state index contributed by atoms with van der Waals surface area (Å²) in [6.07, 6.45) is -0.648. The van der Waals surface area contributed by atoms with Crippen molar-refractivity contribution in [3.63, 3.8) is 0 Å². The summed E-state index contributed by atoms with van der Waals surface area (Å²) in [6, 6.07) is 3.38. The highest BCUT2D eigenvalue weighted by molar-refractivity contribution is 7.97. The zero-order valence-electron chi connectivity index (χ0n) is 12.5. The number of nitrogens with one attached hydrogen (secondary N) is 1. The van der Waals surface area contributed by atoms with E-state index in [0.717, 1.165) is 25.0 Å². The van der Waals surface area contributed by atoms with Crippen LogP contribution in [0.2, 0.25) is 0 Å². The Kier molecular flexibility index (Phi) is 5.26. The van der Waals surface area contributed by atoms with E-state index in [9.17, 15) is 18.0 Å². The van der Waals surface area contributed by atoms with Crippen molar-refractivity contribution in [1.82, 2.24) is 4.90 Å². The molecule has 0 bridgehead atoms. The molecule has 122 valence electrons. The fourth-order valence-corrected chi connectivity index (χ4v) is 3.14. The van der Waals surface area contributed by atoms with Crippen molar-refractivity contribution in [1.29, 1.82) is 0 Å². The Morgan fingerprint density at radius 2 is 2.18 bits per heavy atom. The molecule has 0 saturated carbocycles. The number of carbonyl (C=O) groups excluding carboxylic acids is 1. The van der Waals surface area contributed by atoms with E-state index in [1.54, 1.807) is 4.90 Å². The molecule has 22 heavy (non-hydrogen) atoms. The van der Waals surface area contributed by atoms with Crippen LogP contribution in [0.5, 0.6) is 0 Å². The highest BCUT2D eigenvalue weighted by Gasteiger charge is 2.31. The van der Waals surface area contributed by atoms with Crippen molar-refractivity contribution in [3.8, 4) is 0 Å². The highest BCUT2D eigenvalue weighted by atomic mass is 32.2. The number of nitrogens with zero attached hydrogens (tertiary/aromatic N) is 1. The van der Waals surface area contributed by atoms with Crippen LogP contribution in [0, 0.1) is 0 Å². The third-order valence-electron chi connectivity index (χ3n) is 3.79. The zero-order valence-corrected chi connectivity index (χ0v) is 13.4. The van der Waals surface area contributed by atoms with Crippen LogP contribution in [-0.2, 0) is 11.9 Å². The zero-order chi connectivity index (χ0) is 16.3. The van der Waals surface area contributed by atoms with E-state index in [-0.39, 0.29) is 12.1 Å². The van der Waals surface area contributed by atoms with E-state index in [1.165, 1.54) is 17.8 Å². The summed E-state index contributed by atoms with van der Waals surface area (Å²) in [7, 11) is 0. The molecular weight excluding hydrogens is 313 g/mol. The number of hydrogen-bond acceptors (Lipinski definition) is 2. The van der Waals surface area contributed by atoms with Crippen LogP contribution >= 0.6 is 11.8 Å². The van der Waals surface area contributed by atoms with Gasteiger partial charge in [-0.25, -0.2) is 4.79 Å². The Labute approximate surface area is 132 Å². The lowest BCUT2D eigenvalue weighted by atomic mass is 10.1. The van der Waals surface area contributed by atoms with Gasteiger partial charge >= 0.3 is 12.2 Å². The van der Waals surface area contributed by atoms with Crippen molar-refractivity contribution < 1.29 is 18.0 Å². The Morgan fingerprint density at radius 3 is 2.73 bits per heavy atom. The monoisotopic (exact) mass is 332 g/mol. The number of amides is 2. The smallest absolute Gasteiger partial charge is 0.322 e. The molecule has 1 heterocycles. The molecule has 1 aliphatic rings. The fraction of sp³-hybridized carbons (Fsp3) is 0.533. The predicted octanol–water partition coefficient (Wildman–Crippen LogP) is 4.58. The summed E-state index contributed by atoms with van der Waals surface area (Å²) >= 11 is 1.42. The summed E-state index contributed by atoms with van der Waals surface area (Å²) in [5, 5.41) is 2.75. The summed E-state index contributed by atoms with van der Waals surface area (Å²) < 4.78 is 38.4. The molecular formula is C15H19F3N2OS. The van der Waals surface area contributed by atoms with Gasteiger partial charge < -0.3 is 10.2 Å². The Morgan fingerprint density at radius 1 is 1.45 bits per heavy atom. The van der Waals surface area contributed by atoms with Crippen LogP contribution < -0.4 is 5.32 Å². The number of carbonyl (C=O) groups is 1. The molecule has 1 fully saturated rings. The van der Waals surface area contributed by atoms with Crippen molar-refractivity contribution in [2.24, 2.45) is 0 Å². The minimum absolute atomic E-state index is 0.165. The second kappa shape index (κ2) is 6.81. The first-order chi connectivity index (χ1) is 10.3. The van der Waals surface area contributed by atoms with Gasteiger partial charge in [-0.05, 0) is 49.8 Å². The third kappa shape index (κ3) is 3.88. The van der Waals surface area contributed by atoms with Gasteiger partial charge in [0, 0.05) is 24.0 Å². The summed E-state index contributed by atoms with van der Waals surface area (Å²) in [4.78, 5) is 14.0. The highest BCUT2D eigenvalue weighted by Crippen LogP contribution is 2.33. The number of likely N-dealkylation sites (tertiary alicyclic amines) is 1. The van der Waals surface area contributed by atoms with Gasteiger partial charge in [0.05, 0.1) is 5.56 Å². The molecule has 1 N–H and O–H groups in total. The lowest BCUT2D eigenvalue weighted by molar-refractivity contribution is -0.137. The Bertz CT molecular complexity index is 548. The second-order valence-corrected chi connectivity index (χ2v) is 6.28. The van der Waals surface area contributed by atoms with E-state index >= 15 is 0 Å². The molecule has 3 nitrogen and oxygen atoms in total. The Hall–Kier alpha value is -1.37. The van der Waals surface area contributed by atoms with E-state index in [2.05, 4.69) is 5.32 Å². The molecule has 1 aromatic carbocycles. The largest absolute Gasteiger partial charge is 0.416 e. The first-order valence-corrected chi connectivity index (χ1v) is 8.49. The molecule has 0 radical (unpaired) electrons. The minimum Gasteiger partial charge on any atom is -0.322 e. The van der Waals surface area contributed by atoms with Gasteiger partial charge in [0.25, 0.3) is 0 Å². The van der Waals surface area contributed by atoms with E-state index in [1.807, 2.05) is 13.2 Å². The molecule has 1 atom stereocenters. The SMILES string of the molecule is CSCc1cc(C(F)(F)F)ccc1NC(=O)N1CCCC1C. The maximum absolute atomic E-state index is 12.8. The van der Waals surface area contributed by atoms with Crippen molar-refractivity contribution in [2.45, 2.75) is 37.7 Å². The lowest BCUT2D eigenvalue weighted by Gasteiger charge is -2.23. The van der Waals surface area contributed by atoms with Crippen molar-refractivity contribution >= 4 is 23.5 Å². The fourth-order valence-electron chi connectivity index (χ4n) is 2.59. The number of benzene rings is 1. The second-order valence-electron chi connectivity index (χ2n) is 5.42. The van der Waals surface area contributed by atoms with Crippen LogP contribution in [0.1, 0.15) is 30.9 Å². The number of anilines is 1. The molecule has 0 aliphatic carbocycles. The Balaban J connectivity index is 2.20. The third-order valence-corrected chi connectivity index (χ3v) is 4.39. The molecule has 0 aromatic heterocycles. The van der Waals surface area contributed by atoms with Gasteiger partial charge in [-0.2, -0.15) is 24.9 Å². The van der Waals surface area contributed by atoms with E-state index in [0.29, 0.717) is 23.5 Å². The summed E-state index contributed by atoms with van der Waals surface area (Å²) in [5.41, 5.74) is 0.248. The van der Waals surface area contributed by atoms with Crippen LogP contribution in [0.3, 0.4) is 0 Å². The average molecular weight is 332 g/mol. The molecule has 1 unspecified atom stereocenters. The molecule has 2 amide bonds. The minimum atomic E-state index is -4.38. The van der Waals surface area contributed by atoms with Crippen LogP contribution in [-0.4, -0.2) is 29.8 Å². The number of alkyl halides is 3. The quantitative estimate of drug-likeness (QED) is 0.878. The number of rotatable bonds is 3. The van der Waals surface area contributed by atoms with Crippen molar-refractivity contribution in [2.75, 3.05) is 18.1 Å². The number of thioether (sulfide) groups is 1. The van der Waals surface area contributed by atoms with E-state index in [4.69, 9.17) is 0 Å². The molecule has 1 aliphatic heterocycles. The molecule has 7 heteroatoms. The van der Waals surface area contributed by atoms with Crippen LogP contribution in [0.15, 0.2) is 18.2 Å². The first-order valence-electron chi connectivity index (χ1n) is 7.09. The lowest BCUT2D eigenvalue weighted by Crippen LogP contribution is -2.37. The molecule has 1 aromatic rings. The van der Waals surface area contributed by atoms with Gasteiger partial charge in [-0.3, -0.25) is 0 Å². The van der Waals surface area contributed by atoms with Gasteiger partial charge in [0.2, 0.25) is 0 Å². The topological polar surface area (TPSA) is 32.3 Å². The van der Waals surface area contributed by atoms with Gasteiger partial charge in [-0.15, -0.1) is 0 Å². The van der Waals surface area contributed by atoms with Crippen LogP contribution in [0.4, 0.5) is 23.7 Å². The maximum atomic E-state index is 12.8. The molecule has 2 rings (SSSR count). The van der Waals surface area contributed by atoms with E-state index < -0.39 is 11.7 Å². The summed E-state index contributed by atoms with van der Waals surface area (Å²) in [6.45, 7) is 2.66. The van der Waals surface area contributed by atoms with Crippen LogP contribution in [0.25, 0.3) is 0 Å². The molecule has 1 saturated heterocycles. The predicted molar refractivity (Wildman–Crippen MR) is 83.1 cm³/mol.